The fraction of sp³-hybridized carbons (Fsp3) is 1.00. The zero-order valence-corrected chi connectivity index (χ0v) is 19.2. The average molecular weight is 510 g/mol. The van der Waals surface area contributed by atoms with E-state index in [0.717, 1.165) is 25.7 Å². The highest BCUT2D eigenvalue weighted by atomic mass is 32.4. The van der Waals surface area contributed by atoms with Crippen LogP contribution in [0.15, 0.2) is 0 Å². The minimum Gasteiger partial charge on any atom is -0.201 e. The Morgan fingerprint density at radius 1 is 0.700 bits per heavy atom. The molecule has 0 aromatic heterocycles. The molecule has 0 radical (unpaired) electrons. The predicted octanol–water partition coefficient (Wildman–Crippen LogP) is 5.64. The SMILES string of the molecule is CCCCCCCCCS1(N(S(=O)(=O)C(F)(F)F)S(=O)(=O)C(F)(F)F)CCCCC1. The van der Waals surface area contributed by atoms with Crippen LogP contribution in [-0.4, -0.2) is 48.2 Å². The molecule has 0 atom stereocenters. The van der Waals surface area contributed by atoms with Crippen molar-refractivity contribution in [3.63, 3.8) is 0 Å². The fourth-order valence-corrected chi connectivity index (χ4v) is 13.8. The minimum absolute atomic E-state index is 0.179. The molecule has 0 spiro atoms. The summed E-state index contributed by atoms with van der Waals surface area (Å²) in [6.45, 7) is 2.02. The molecule has 5 nitrogen and oxygen atoms in total. The third-order valence-corrected chi connectivity index (χ3v) is 15.0. The maximum absolute atomic E-state index is 13.2. The number of hydrogen-bond acceptors (Lipinski definition) is 4. The Labute approximate surface area is 176 Å². The van der Waals surface area contributed by atoms with Gasteiger partial charge in [0.05, 0.1) is 0 Å². The van der Waals surface area contributed by atoms with E-state index in [2.05, 4.69) is 0 Å². The molecule has 1 saturated heterocycles. The second-order valence-electron chi connectivity index (χ2n) is 7.36. The Kier molecular flexibility index (Phi) is 9.83. The van der Waals surface area contributed by atoms with E-state index in [9.17, 15) is 43.2 Å². The molecule has 1 heterocycles. The van der Waals surface area contributed by atoms with Gasteiger partial charge in [-0.3, -0.25) is 0 Å². The van der Waals surface area contributed by atoms with Crippen molar-refractivity contribution in [2.24, 2.45) is 0 Å². The number of sulfonamides is 2. The minimum atomic E-state index is -6.73. The Morgan fingerprint density at radius 3 is 1.50 bits per heavy atom. The molecule has 14 heteroatoms. The summed E-state index contributed by atoms with van der Waals surface area (Å²) in [4.78, 5) is 0. The van der Waals surface area contributed by atoms with Crippen LogP contribution in [0.2, 0.25) is 0 Å². The second-order valence-corrected chi connectivity index (χ2v) is 15.2. The first-order valence-electron chi connectivity index (χ1n) is 9.83. The number of hydrogen-bond donors (Lipinski definition) is 0. The summed E-state index contributed by atoms with van der Waals surface area (Å²) < 4.78 is 127. The molecule has 0 bridgehead atoms. The van der Waals surface area contributed by atoms with Crippen molar-refractivity contribution in [1.29, 1.82) is 0 Å². The normalized spacial score (nSPS) is 19.7. The van der Waals surface area contributed by atoms with Gasteiger partial charge >= 0.3 is 31.1 Å². The van der Waals surface area contributed by atoms with Crippen LogP contribution in [0.1, 0.15) is 71.1 Å². The zero-order chi connectivity index (χ0) is 23.3. The van der Waals surface area contributed by atoms with Crippen LogP contribution < -0.4 is 0 Å². The lowest BCUT2D eigenvalue weighted by Gasteiger charge is -2.49. The zero-order valence-electron chi connectivity index (χ0n) is 16.8. The van der Waals surface area contributed by atoms with Gasteiger partial charge < -0.3 is 0 Å². The topological polar surface area (TPSA) is 71.5 Å². The Hall–Kier alpha value is -0.210. The molecule has 1 fully saturated rings. The molecule has 182 valence electrons. The molecule has 0 aromatic rings. The molecule has 0 aromatic carbocycles. The van der Waals surface area contributed by atoms with E-state index in [4.69, 9.17) is 0 Å². The molecule has 0 saturated carbocycles. The van der Waals surface area contributed by atoms with E-state index in [1.807, 2.05) is 6.92 Å². The van der Waals surface area contributed by atoms with Crippen LogP contribution in [0.5, 0.6) is 0 Å². The number of alkyl halides is 6. The fourth-order valence-electron chi connectivity index (χ4n) is 3.49. The molecule has 1 aliphatic rings. The van der Waals surface area contributed by atoms with E-state index in [0.29, 0.717) is 19.3 Å². The molecule has 30 heavy (non-hydrogen) atoms. The summed E-state index contributed by atoms with van der Waals surface area (Å²) in [6.07, 6.45) is 6.05. The smallest absolute Gasteiger partial charge is 0.201 e. The van der Waals surface area contributed by atoms with Crippen molar-refractivity contribution in [1.82, 2.24) is 3.12 Å². The summed E-state index contributed by atoms with van der Waals surface area (Å²) in [5, 5.41) is 0. The van der Waals surface area contributed by atoms with Crippen LogP contribution in [-0.2, 0) is 20.0 Å². The van der Waals surface area contributed by atoms with Gasteiger partial charge in [-0.15, -0.1) is 0 Å². The van der Waals surface area contributed by atoms with Gasteiger partial charge in [0, 0.05) is 0 Å². The van der Waals surface area contributed by atoms with Crippen molar-refractivity contribution in [2.45, 2.75) is 82.1 Å². The van der Waals surface area contributed by atoms with Gasteiger partial charge in [0.1, 0.15) is 0 Å². The van der Waals surface area contributed by atoms with Gasteiger partial charge in [-0.25, -0.2) is 16.8 Å². The van der Waals surface area contributed by atoms with Gasteiger partial charge in [0.25, 0.3) is 0 Å². The van der Waals surface area contributed by atoms with Crippen molar-refractivity contribution >= 4 is 30.3 Å². The van der Waals surface area contributed by atoms with Crippen LogP contribution in [0, 0.1) is 0 Å². The van der Waals surface area contributed by atoms with E-state index < -0.39 is 44.4 Å². The first-order valence-corrected chi connectivity index (χ1v) is 14.8. The molecule has 0 N–H and O–H groups in total. The molecule has 1 rings (SSSR count). The lowest BCUT2D eigenvalue weighted by Crippen LogP contribution is -2.52. The maximum Gasteiger partial charge on any atom is 0.513 e. The standard InChI is InChI=1S/C16H29F6NO4S3/c1-2-3-4-5-6-7-9-12-28(13-10-8-11-14-28)23(29(24,25)15(17,18)19)30(26,27)16(20,21)22/h2-14H2,1H3. The molecule has 0 unspecified atom stereocenters. The second kappa shape index (κ2) is 10.6. The van der Waals surface area contributed by atoms with Crippen molar-refractivity contribution in [2.75, 3.05) is 17.3 Å². The van der Waals surface area contributed by atoms with Gasteiger partial charge in [0.15, 0.2) is 0 Å². The van der Waals surface area contributed by atoms with E-state index in [-0.39, 0.29) is 36.5 Å². The van der Waals surface area contributed by atoms with Gasteiger partial charge in [-0.1, -0.05) is 51.9 Å². The van der Waals surface area contributed by atoms with Gasteiger partial charge in [-0.2, -0.15) is 36.6 Å². The van der Waals surface area contributed by atoms with Crippen molar-refractivity contribution in [3.8, 4) is 0 Å². The molecule has 1 aliphatic heterocycles. The average Bonchev–Trinajstić information content (AvgIpc) is 2.59. The lowest BCUT2D eigenvalue weighted by molar-refractivity contribution is -0.0505. The number of unbranched alkanes of at least 4 members (excludes halogenated alkanes) is 6. The lowest BCUT2D eigenvalue weighted by atomic mass is 10.1. The van der Waals surface area contributed by atoms with Crippen LogP contribution >= 0.6 is 10.2 Å². The van der Waals surface area contributed by atoms with Gasteiger partial charge in [-0.05, 0) is 39.6 Å². The van der Waals surface area contributed by atoms with Crippen LogP contribution in [0.3, 0.4) is 0 Å². The summed E-state index contributed by atoms with van der Waals surface area (Å²) in [5.74, 6) is -0.855. The van der Waals surface area contributed by atoms with E-state index in [1.165, 1.54) is 0 Å². The monoisotopic (exact) mass is 509 g/mol. The maximum atomic E-state index is 13.2. The molecular formula is C16H29F6NO4S3. The largest absolute Gasteiger partial charge is 0.513 e. The molecule has 0 aliphatic carbocycles. The number of rotatable bonds is 11. The van der Waals surface area contributed by atoms with Crippen molar-refractivity contribution in [3.05, 3.63) is 0 Å². The highest BCUT2D eigenvalue weighted by molar-refractivity contribution is 8.41. The third-order valence-electron chi connectivity index (χ3n) is 4.97. The highest BCUT2D eigenvalue weighted by Crippen LogP contribution is 2.61. The first kappa shape index (κ1) is 27.8. The summed E-state index contributed by atoms with van der Waals surface area (Å²) >= 11 is 0. The predicted molar refractivity (Wildman–Crippen MR) is 106 cm³/mol. The van der Waals surface area contributed by atoms with Crippen LogP contribution in [0.25, 0.3) is 0 Å². The van der Waals surface area contributed by atoms with E-state index in [1.54, 1.807) is 0 Å². The number of halogens is 6. The first-order chi connectivity index (χ1) is 13.6. The quantitative estimate of drug-likeness (QED) is 0.267. The van der Waals surface area contributed by atoms with Crippen molar-refractivity contribution < 1.29 is 43.2 Å². The highest BCUT2D eigenvalue weighted by Gasteiger charge is 2.66. The van der Waals surface area contributed by atoms with Crippen LogP contribution in [0.4, 0.5) is 26.3 Å². The number of nitrogens with zero attached hydrogens (tertiary/aromatic N) is 1. The Balaban J connectivity index is 3.29. The summed E-state index contributed by atoms with van der Waals surface area (Å²) in [7, 11) is -16.9. The third kappa shape index (κ3) is 6.41. The Morgan fingerprint density at radius 2 is 1.10 bits per heavy atom. The van der Waals surface area contributed by atoms with E-state index >= 15 is 0 Å². The molecular weight excluding hydrogens is 480 g/mol. The Bertz CT molecular complexity index is 700. The van der Waals surface area contributed by atoms with Gasteiger partial charge in [0.2, 0.25) is 0 Å². The summed E-state index contributed by atoms with van der Waals surface area (Å²) in [5.41, 5.74) is -12.3. The molecule has 0 amide bonds. The summed E-state index contributed by atoms with van der Waals surface area (Å²) in [6, 6.07) is 0.